The average molecular weight is 585 g/mol. The molecule has 5 heterocycles. The number of aromatic nitrogens is 4. The van der Waals surface area contributed by atoms with Crippen LogP contribution in [0, 0.1) is 18.6 Å². The maximum atomic E-state index is 15.9. The summed E-state index contributed by atoms with van der Waals surface area (Å²) in [4.78, 5) is 43.0. The first-order chi connectivity index (χ1) is 20.6. The van der Waals surface area contributed by atoms with Crippen molar-refractivity contribution in [3.63, 3.8) is 0 Å². The van der Waals surface area contributed by atoms with Crippen LogP contribution in [0.3, 0.4) is 0 Å². The van der Waals surface area contributed by atoms with Gasteiger partial charge in [0.1, 0.15) is 28.8 Å². The van der Waals surface area contributed by atoms with Gasteiger partial charge in [0.05, 0.1) is 22.3 Å². The van der Waals surface area contributed by atoms with E-state index in [0.29, 0.717) is 43.1 Å². The van der Waals surface area contributed by atoms with Crippen LogP contribution in [0.1, 0.15) is 43.9 Å². The molecule has 6 rings (SSSR count). The number of halogens is 2. The predicted molar refractivity (Wildman–Crippen MR) is 159 cm³/mol. The first kappa shape index (κ1) is 28.2. The summed E-state index contributed by atoms with van der Waals surface area (Å²) in [5.74, 6) is -0.0504. The monoisotopic (exact) mass is 584 g/mol. The van der Waals surface area contributed by atoms with E-state index < -0.39 is 34.3 Å². The molecule has 0 aliphatic carbocycles. The zero-order chi connectivity index (χ0) is 30.6. The van der Waals surface area contributed by atoms with Gasteiger partial charge < -0.3 is 14.9 Å². The molecule has 2 fully saturated rings. The number of phenols is 1. The molecule has 0 saturated carbocycles. The number of aromatic hydroxyl groups is 1. The Kier molecular flexibility index (Phi) is 7.06. The average Bonchev–Trinajstić information content (AvgIpc) is 2.97. The van der Waals surface area contributed by atoms with Gasteiger partial charge in [-0.2, -0.15) is 4.98 Å². The lowest BCUT2D eigenvalue weighted by atomic mass is 9.94. The Morgan fingerprint density at radius 1 is 1.14 bits per heavy atom. The quantitative estimate of drug-likeness (QED) is 0.341. The van der Waals surface area contributed by atoms with E-state index in [4.69, 9.17) is 0 Å². The Morgan fingerprint density at radius 3 is 2.65 bits per heavy atom. The Bertz CT molecular complexity index is 1890. The number of phenolic OH excluding ortho intramolecular Hbond substituents is 1. The summed E-state index contributed by atoms with van der Waals surface area (Å²) in [7, 11) is 0. The lowest BCUT2D eigenvalue weighted by Gasteiger charge is -2.46. The number of nitrogens with zero attached hydrogens (tertiary/aromatic N) is 6. The lowest BCUT2D eigenvalue weighted by Crippen LogP contribution is -2.55. The van der Waals surface area contributed by atoms with Crippen molar-refractivity contribution in [2.24, 2.45) is 0 Å². The zero-order valence-corrected chi connectivity index (χ0v) is 24.1. The second kappa shape index (κ2) is 10.7. The van der Waals surface area contributed by atoms with Crippen LogP contribution in [0.25, 0.3) is 28.0 Å². The highest BCUT2D eigenvalue weighted by molar-refractivity contribution is 5.91. The minimum Gasteiger partial charge on any atom is -0.507 e. The van der Waals surface area contributed by atoms with Crippen LogP contribution in [0.5, 0.6) is 5.75 Å². The normalized spacial score (nSPS) is 17.0. The van der Waals surface area contributed by atoms with E-state index in [-0.39, 0.29) is 28.8 Å². The number of piperazine rings is 1. The Labute approximate surface area is 246 Å². The van der Waals surface area contributed by atoms with Crippen LogP contribution in [-0.4, -0.2) is 61.1 Å². The predicted octanol–water partition coefficient (Wildman–Crippen LogP) is 4.81. The van der Waals surface area contributed by atoms with Gasteiger partial charge in [0.25, 0.3) is 0 Å². The number of benzene rings is 1. The molecule has 2 saturated heterocycles. The molecule has 3 aromatic heterocycles. The smallest absolute Gasteiger partial charge is 0.355 e. The first-order valence-electron chi connectivity index (χ1n) is 14.1. The number of hydrogen-bond acceptors (Lipinski definition) is 8. The molecule has 0 spiro atoms. The third kappa shape index (κ3) is 4.66. The fraction of sp³-hybridized carbons (Fsp3) is 0.312. The van der Waals surface area contributed by atoms with Gasteiger partial charge in [-0.25, -0.2) is 27.9 Å². The summed E-state index contributed by atoms with van der Waals surface area (Å²) in [6.45, 7) is 11.0. The SMILES string of the molecule is C=C1CCC2CN(c3nc(=O)n(-c4c(C)ccnc4C(C)C)c4nc(-c5c(O)cccc5F)c(F)cc34)CCN2C1=C=O. The highest BCUT2D eigenvalue weighted by atomic mass is 19.1. The number of rotatable bonds is 4. The van der Waals surface area contributed by atoms with E-state index >= 15 is 4.39 Å². The summed E-state index contributed by atoms with van der Waals surface area (Å²) in [6.07, 6.45) is 3.03. The van der Waals surface area contributed by atoms with Gasteiger partial charge in [-0.1, -0.05) is 26.5 Å². The van der Waals surface area contributed by atoms with Crippen molar-refractivity contribution in [2.45, 2.75) is 45.6 Å². The molecule has 11 heteroatoms. The largest absolute Gasteiger partial charge is 0.507 e. The van der Waals surface area contributed by atoms with Crippen molar-refractivity contribution in [3.8, 4) is 22.7 Å². The summed E-state index contributed by atoms with van der Waals surface area (Å²) in [5, 5.41) is 10.7. The fourth-order valence-corrected chi connectivity index (χ4v) is 6.14. The molecule has 1 unspecified atom stereocenters. The van der Waals surface area contributed by atoms with Crippen LogP contribution >= 0.6 is 0 Å². The van der Waals surface area contributed by atoms with Crippen molar-refractivity contribution in [1.29, 1.82) is 0 Å². The molecule has 2 aliphatic heterocycles. The van der Waals surface area contributed by atoms with Crippen LogP contribution in [-0.2, 0) is 4.79 Å². The van der Waals surface area contributed by atoms with E-state index in [2.05, 4.69) is 21.5 Å². The van der Waals surface area contributed by atoms with Gasteiger partial charge in [-0.15, -0.1) is 0 Å². The van der Waals surface area contributed by atoms with Gasteiger partial charge in [0.2, 0.25) is 0 Å². The highest BCUT2D eigenvalue weighted by Gasteiger charge is 2.35. The van der Waals surface area contributed by atoms with Gasteiger partial charge in [0.15, 0.2) is 17.4 Å². The third-order valence-electron chi connectivity index (χ3n) is 8.24. The fourth-order valence-electron chi connectivity index (χ4n) is 6.14. The van der Waals surface area contributed by atoms with Crippen LogP contribution in [0.15, 0.2) is 59.2 Å². The van der Waals surface area contributed by atoms with E-state index in [0.717, 1.165) is 23.6 Å². The molecule has 43 heavy (non-hydrogen) atoms. The van der Waals surface area contributed by atoms with Crippen LogP contribution in [0.2, 0.25) is 0 Å². The Hall–Kier alpha value is -4.89. The molecule has 0 radical (unpaired) electrons. The molecule has 0 bridgehead atoms. The molecule has 9 nitrogen and oxygen atoms in total. The summed E-state index contributed by atoms with van der Waals surface area (Å²) >= 11 is 0. The number of carbonyl (C=O) groups excluding carboxylic acids is 1. The van der Waals surface area contributed by atoms with E-state index in [1.165, 1.54) is 22.8 Å². The highest BCUT2D eigenvalue weighted by Crippen LogP contribution is 2.38. The third-order valence-corrected chi connectivity index (χ3v) is 8.24. The van der Waals surface area contributed by atoms with E-state index in [1.807, 2.05) is 36.5 Å². The molecule has 4 aromatic rings. The molecular formula is C32H30F2N6O3. The van der Waals surface area contributed by atoms with Gasteiger partial charge >= 0.3 is 5.69 Å². The topological polar surface area (TPSA) is 104 Å². The van der Waals surface area contributed by atoms with E-state index in [1.54, 1.807) is 12.3 Å². The number of pyridine rings is 2. The number of allylic oxidation sites excluding steroid dienone is 1. The summed E-state index contributed by atoms with van der Waals surface area (Å²) < 4.78 is 32.2. The minimum absolute atomic E-state index is 0.0555. The number of anilines is 1. The molecular weight excluding hydrogens is 554 g/mol. The molecule has 0 amide bonds. The zero-order valence-electron chi connectivity index (χ0n) is 24.1. The van der Waals surface area contributed by atoms with Crippen molar-refractivity contribution < 1.29 is 18.7 Å². The second-order valence-corrected chi connectivity index (χ2v) is 11.3. The number of fused-ring (bicyclic) bond motifs is 2. The second-order valence-electron chi connectivity index (χ2n) is 11.3. The van der Waals surface area contributed by atoms with Crippen molar-refractivity contribution in [3.05, 3.63) is 87.8 Å². The molecule has 1 aromatic carbocycles. The maximum Gasteiger partial charge on any atom is 0.355 e. The van der Waals surface area contributed by atoms with Gasteiger partial charge in [-0.05, 0) is 61.1 Å². The van der Waals surface area contributed by atoms with E-state index in [9.17, 15) is 19.1 Å². The molecule has 1 atom stereocenters. The van der Waals surface area contributed by atoms with Crippen molar-refractivity contribution in [1.82, 2.24) is 24.4 Å². The molecule has 1 N–H and O–H groups in total. The van der Waals surface area contributed by atoms with Crippen molar-refractivity contribution >= 4 is 22.8 Å². The Balaban J connectivity index is 1.61. The number of hydrogen-bond donors (Lipinski definition) is 1. The first-order valence-corrected chi connectivity index (χ1v) is 14.1. The van der Waals surface area contributed by atoms with Crippen molar-refractivity contribution in [2.75, 3.05) is 24.5 Å². The minimum atomic E-state index is -0.882. The van der Waals surface area contributed by atoms with Crippen LogP contribution in [0.4, 0.5) is 14.6 Å². The standard InChI is InChI=1S/C32H30F2N6O3/c1-17(2)27-29(19(4)10-11-35-27)40-31-21(14-23(34)28(36-31)26-22(33)6-5-7-25(26)42)30(37-32(40)43)38-12-13-39-20(15-38)9-8-18(3)24(39)16-41/h5-7,10-11,14,17,20,42H,3,8-9,12-13,15H2,1-2,4H3. The summed E-state index contributed by atoms with van der Waals surface area (Å²) in [5.41, 5.74) is 1.56. The van der Waals surface area contributed by atoms with Crippen LogP contribution < -0.4 is 10.6 Å². The van der Waals surface area contributed by atoms with Gasteiger partial charge in [0, 0.05) is 31.9 Å². The maximum absolute atomic E-state index is 15.9. The molecule has 2 aliphatic rings. The number of piperidine rings is 1. The number of aryl methyl sites for hydroxylation is 1. The van der Waals surface area contributed by atoms with Gasteiger partial charge in [-0.3, -0.25) is 4.98 Å². The molecule has 220 valence electrons. The Morgan fingerprint density at radius 2 is 1.93 bits per heavy atom. The summed E-state index contributed by atoms with van der Waals surface area (Å²) in [6, 6.07) is 6.55. The lowest BCUT2D eigenvalue weighted by molar-refractivity contribution is 0.204.